The third-order valence-electron chi connectivity index (χ3n) is 10.5. The van der Waals surface area contributed by atoms with Gasteiger partial charge in [0.05, 0.1) is 14.2 Å². The molecule has 6 rings (SSSR count). The molecule has 0 saturated heterocycles. The Bertz CT molecular complexity index is 1230. The van der Waals surface area contributed by atoms with Gasteiger partial charge in [0.15, 0.2) is 0 Å². The molecule has 3 fully saturated rings. The Labute approximate surface area is 223 Å². The van der Waals surface area contributed by atoms with Crippen molar-refractivity contribution in [2.75, 3.05) is 14.2 Å². The molecule has 2 aromatic carbocycles. The predicted octanol–water partition coefficient (Wildman–Crippen LogP) is 6.19. The van der Waals surface area contributed by atoms with E-state index in [1.54, 1.807) is 18.9 Å². The van der Waals surface area contributed by atoms with Crippen molar-refractivity contribution in [3.8, 4) is 5.75 Å². The average Bonchev–Trinajstić information content (AvgIpc) is 3.26. The average molecular weight is 521 g/mol. The molecule has 0 aromatic heterocycles. The molecule has 37 heavy (non-hydrogen) atoms. The minimum atomic E-state index is -0.844. The maximum Gasteiger partial charge on any atom is 0.313 e. The fourth-order valence-electron chi connectivity index (χ4n) is 9.26. The lowest BCUT2D eigenvalue weighted by molar-refractivity contribution is -0.187. The number of rotatable bonds is 5. The van der Waals surface area contributed by atoms with Crippen molar-refractivity contribution in [1.82, 2.24) is 0 Å². The van der Waals surface area contributed by atoms with E-state index in [1.165, 1.54) is 25.2 Å². The first-order valence-corrected chi connectivity index (χ1v) is 14.4. The second-order valence-corrected chi connectivity index (χ2v) is 12.8. The molecule has 0 heterocycles. The van der Waals surface area contributed by atoms with E-state index in [0.29, 0.717) is 18.3 Å². The van der Waals surface area contributed by atoms with Gasteiger partial charge >= 0.3 is 11.9 Å². The minimum absolute atomic E-state index is 0.0342. The maximum atomic E-state index is 13.7. The van der Waals surface area contributed by atoms with Crippen LogP contribution in [0.25, 0.3) is 0 Å². The molecular formula is C31H36O5S. The molecule has 196 valence electrons. The summed E-state index contributed by atoms with van der Waals surface area (Å²) in [5.41, 5.74) is 1.52. The summed E-state index contributed by atoms with van der Waals surface area (Å²) in [7, 11) is 3.19. The van der Waals surface area contributed by atoms with Crippen LogP contribution in [0.3, 0.4) is 0 Å². The zero-order valence-electron chi connectivity index (χ0n) is 22.1. The number of methoxy groups -OCH3 is 2. The standard InChI is InChI=1S/C31H36O5S/c1-19(32)36-31-17-16-30(27(26(31)28(33)35-4)37-22-8-6-5-7-9-22)25-13-10-20-18-21(34-3)11-12-23(20)24(25)14-15-29(30,31)2/h5-9,11-12,18,24-27H,10,13-17H2,1-4H3/t24-,25-,26-,27+,29+,30-,31-/m1/s1. The Balaban J connectivity index is 1.53. The van der Waals surface area contributed by atoms with E-state index in [2.05, 4.69) is 49.4 Å². The van der Waals surface area contributed by atoms with Crippen LogP contribution < -0.4 is 4.74 Å². The van der Waals surface area contributed by atoms with Gasteiger partial charge in [-0.1, -0.05) is 31.2 Å². The molecule has 5 nitrogen and oxygen atoms in total. The number of thioether (sulfide) groups is 1. The summed E-state index contributed by atoms with van der Waals surface area (Å²) in [5.74, 6) is 0.684. The fourth-order valence-corrected chi connectivity index (χ4v) is 11.1. The van der Waals surface area contributed by atoms with Crippen molar-refractivity contribution in [2.24, 2.45) is 22.7 Å². The number of fused-ring (bicyclic) bond motifs is 3. The van der Waals surface area contributed by atoms with E-state index in [0.717, 1.165) is 42.7 Å². The Morgan fingerprint density at radius 2 is 1.78 bits per heavy atom. The number of esters is 2. The van der Waals surface area contributed by atoms with Crippen molar-refractivity contribution in [1.29, 1.82) is 0 Å². The fraction of sp³-hybridized carbons (Fsp3) is 0.548. The van der Waals surface area contributed by atoms with Crippen LogP contribution in [0.5, 0.6) is 5.75 Å². The first kappa shape index (κ1) is 24.8. The third kappa shape index (κ3) is 3.23. The van der Waals surface area contributed by atoms with Crippen molar-refractivity contribution in [3.05, 3.63) is 59.7 Å². The van der Waals surface area contributed by atoms with Crippen LogP contribution in [0.4, 0.5) is 0 Å². The number of ether oxygens (including phenoxy) is 3. The summed E-state index contributed by atoms with van der Waals surface area (Å²) in [6, 6.07) is 16.9. The maximum absolute atomic E-state index is 13.7. The van der Waals surface area contributed by atoms with Gasteiger partial charge < -0.3 is 14.2 Å². The second kappa shape index (κ2) is 8.79. The van der Waals surface area contributed by atoms with Crippen LogP contribution >= 0.6 is 11.8 Å². The molecule has 0 aliphatic heterocycles. The number of aryl methyl sites for hydroxylation is 1. The summed E-state index contributed by atoms with van der Waals surface area (Å²) < 4.78 is 17.4. The van der Waals surface area contributed by atoms with E-state index in [1.807, 2.05) is 6.07 Å². The molecule has 7 atom stereocenters. The molecule has 4 aliphatic rings. The highest BCUT2D eigenvalue weighted by molar-refractivity contribution is 8.00. The lowest BCUT2D eigenvalue weighted by Gasteiger charge is -2.58. The zero-order valence-corrected chi connectivity index (χ0v) is 22.9. The monoisotopic (exact) mass is 520 g/mol. The van der Waals surface area contributed by atoms with Crippen LogP contribution in [-0.2, 0) is 25.5 Å². The predicted molar refractivity (Wildman–Crippen MR) is 143 cm³/mol. The molecule has 0 spiro atoms. The molecule has 0 amide bonds. The number of carbonyl (C=O) groups excluding carboxylic acids is 2. The van der Waals surface area contributed by atoms with Gasteiger partial charge in [0.25, 0.3) is 0 Å². The first-order chi connectivity index (χ1) is 17.8. The van der Waals surface area contributed by atoms with E-state index in [9.17, 15) is 9.59 Å². The van der Waals surface area contributed by atoms with Crippen LogP contribution in [0.2, 0.25) is 0 Å². The van der Waals surface area contributed by atoms with Crippen LogP contribution in [0, 0.1) is 22.7 Å². The lowest BCUT2D eigenvalue weighted by Crippen LogP contribution is -2.55. The second-order valence-electron chi connectivity index (χ2n) is 11.6. The van der Waals surface area contributed by atoms with Crippen molar-refractivity contribution < 1.29 is 23.8 Å². The molecular weight excluding hydrogens is 484 g/mol. The quantitative estimate of drug-likeness (QED) is 0.438. The number of hydrogen-bond acceptors (Lipinski definition) is 6. The Morgan fingerprint density at radius 3 is 2.49 bits per heavy atom. The van der Waals surface area contributed by atoms with E-state index in [4.69, 9.17) is 14.2 Å². The van der Waals surface area contributed by atoms with Gasteiger partial charge in [0, 0.05) is 22.5 Å². The highest BCUT2D eigenvalue weighted by atomic mass is 32.2. The molecule has 6 heteroatoms. The van der Waals surface area contributed by atoms with Crippen LogP contribution in [0.15, 0.2) is 53.4 Å². The summed E-state index contributed by atoms with van der Waals surface area (Å²) in [6.45, 7) is 3.81. The smallest absolute Gasteiger partial charge is 0.313 e. The Morgan fingerprint density at radius 1 is 1.00 bits per heavy atom. The van der Waals surface area contributed by atoms with E-state index < -0.39 is 11.5 Å². The highest BCUT2D eigenvalue weighted by Crippen LogP contribution is 2.82. The van der Waals surface area contributed by atoms with Gasteiger partial charge in [0.2, 0.25) is 0 Å². The highest BCUT2D eigenvalue weighted by Gasteiger charge is 2.84. The molecule has 0 unspecified atom stereocenters. The van der Waals surface area contributed by atoms with Gasteiger partial charge in [-0.05, 0) is 91.2 Å². The minimum Gasteiger partial charge on any atom is -0.497 e. The molecule has 3 saturated carbocycles. The van der Waals surface area contributed by atoms with E-state index >= 15 is 0 Å². The van der Waals surface area contributed by atoms with Crippen molar-refractivity contribution in [3.63, 3.8) is 0 Å². The summed E-state index contributed by atoms with van der Waals surface area (Å²) in [6.07, 6.45) is 5.69. The van der Waals surface area contributed by atoms with Gasteiger partial charge in [-0.25, -0.2) is 0 Å². The summed E-state index contributed by atoms with van der Waals surface area (Å²) in [4.78, 5) is 27.4. The third-order valence-corrected chi connectivity index (χ3v) is 12.0. The Hall–Kier alpha value is -2.47. The SMILES string of the molecule is COC(=O)[C@H]1[C@H](Sc2ccccc2)[C@]23CC[C@]1(OC(C)=O)[C@@]2(C)CC[C@@H]1c2ccc(OC)cc2CC[C@H]13. The van der Waals surface area contributed by atoms with Crippen LogP contribution in [0.1, 0.15) is 63.0 Å². The van der Waals surface area contributed by atoms with Crippen LogP contribution in [-0.4, -0.2) is 37.0 Å². The van der Waals surface area contributed by atoms with Gasteiger partial charge in [-0.3, -0.25) is 9.59 Å². The summed E-state index contributed by atoms with van der Waals surface area (Å²) >= 11 is 1.80. The van der Waals surface area contributed by atoms with Gasteiger partial charge in [-0.15, -0.1) is 11.8 Å². The normalized spacial score (nSPS) is 37.2. The zero-order chi connectivity index (χ0) is 26.0. The molecule has 4 aliphatic carbocycles. The van der Waals surface area contributed by atoms with E-state index in [-0.39, 0.29) is 28.0 Å². The van der Waals surface area contributed by atoms with Gasteiger partial charge in [-0.2, -0.15) is 0 Å². The largest absolute Gasteiger partial charge is 0.497 e. The topological polar surface area (TPSA) is 61.8 Å². The first-order valence-electron chi connectivity index (χ1n) is 13.5. The molecule has 2 bridgehead atoms. The van der Waals surface area contributed by atoms with Crippen molar-refractivity contribution >= 4 is 23.7 Å². The number of carbonyl (C=O) groups is 2. The Kier molecular flexibility index (Phi) is 5.90. The summed E-state index contributed by atoms with van der Waals surface area (Å²) in [5, 5.41) is -0.0342. The van der Waals surface area contributed by atoms with Crippen molar-refractivity contribution in [2.45, 2.75) is 74.0 Å². The number of benzene rings is 2. The lowest BCUT2D eigenvalue weighted by atomic mass is 9.48. The molecule has 0 N–H and O–H groups in total. The molecule has 0 radical (unpaired) electrons. The van der Waals surface area contributed by atoms with Gasteiger partial charge in [0.1, 0.15) is 17.3 Å². The number of hydrogen-bond donors (Lipinski definition) is 0. The molecule has 2 aromatic rings.